The van der Waals surface area contributed by atoms with Gasteiger partial charge >= 0.3 is 0 Å². The molecule has 0 saturated carbocycles. The van der Waals surface area contributed by atoms with Crippen LogP contribution in [-0.4, -0.2) is 27.6 Å². The van der Waals surface area contributed by atoms with Gasteiger partial charge in [0.25, 0.3) is 5.84 Å². The SMILES string of the molecule is CC(C)C1=[NH+]C2Cc3cc4c(cc3C2=N1)Cc1cc2c(cc1-4)Cc1[nH]c(C(C)C)nc1-2. The van der Waals surface area contributed by atoms with Gasteiger partial charge in [0, 0.05) is 35.6 Å². The highest BCUT2D eigenvalue weighted by atomic mass is 15.0. The summed E-state index contributed by atoms with van der Waals surface area (Å²) in [5, 5.41) is 0. The first-order chi connectivity index (χ1) is 15.0. The van der Waals surface area contributed by atoms with Crippen LogP contribution in [0.5, 0.6) is 0 Å². The summed E-state index contributed by atoms with van der Waals surface area (Å²) in [5.41, 5.74) is 15.0. The monoisotopic (exact) mass is 407 g/mol. The molecule has 1 atom stereocenters. The van der Waals surface area contributed by atoms with Crippen LogP contribution in [0.15, 0.2) is 29.3 Å². The predicted octanol–water partition coefficient (Wildman–Crippen LogP) is 3.54. The van der Waals surface area contributed by atoms with Crippen LogP contribution in [0.3, 0.4) is 0 Å². The van der Waals surface area contributed by atoms with Crippen molar-refractivity contribution in [3.05, 3.63) is 63.6 Å². The molecule has 0 fully saturated rings. The highest BCUT2D eigenvalue weighted by molar-refractivity contribution is 6.14. The van der Waals surface area contributed by atoms with E-state index < -0.39 is 0 Å². The molecule has 2 heterocycles. The Labute approximate surface area is 182 Å². The first-order valence-corrected chi connectivity index (χ1v) is 11.6. The molecule has 0 amide bonds. The predicted molar refractivity (Wildman–Crippen MR) is 124 cm³/mol. The molecule has 1 unspecified atom stereocenters. The third-order valence-corrected chi connectivity index (χ3v) is 7.44. The summed E-state index contributed by atoms with van der Waals surface area (Å²) in [6, 6.07) is 10.1. The van der Waals surface area contributed by atoms with Crippen molar-refractivity contribution in [2.45, 2.75) is 58.9 Å². The number of hydrogen-bond acceptors (Lipinski definition) is 2. The fourth-order valence-corrected chi connectivity index (χ4v) is 5.79. The van der Waals surface area contributed by atoms with Crippen LogP contribution in [-0.2, 0) is 19.3 Å². The number of benzene rings is 2. The highest BCUT2D eigenvalue weighted by Gasteiger charge is 2.41. The molecule has 154 valence electrons. The zero-order valence-electron chi connectivity index (χ0n) is 18.6. The number of nitrogens with one attached hydrogen (secondary N) is 2. The maximum atomic E-state index is 4.97. The Morgan fingerprint density at radius 3 is 2.26 bits per heavy atom. The van der Waals surface area contributed by atoms with Gasteiger partial charge in [0.05, 0.1) is 11.6 Å². The fourth-order valence-electron chi connectivity index (χ4n) is 5.79. The Kier molecular flexibility index (Phi) is 3.31. The maximum Gasteiger partial charge on any atom is 0.295 e. The highest BCUT2D eigenvalue weighted by Crippen LogP contribution is 2.45. The largest absolute Gasteiger partial charge is 0.345 e. The number of nitrogens with zero attached hydrogens (tertiary/aromatic N) is 2. The van der Waals surface area contributed by atoms with Crippen LogP contribution in [0.4, 0.5) is 0 Å². The maximum absolute atomic E-state index is 4.97. The lowest BCUT2D eigenvalue weighted by Crippen LogP contribution is -2.79. The summed E-state index contributed by atoms with van der Waals surface area (Å²) in [5.74, 6) is 3.13. The number of aromatic nitrogens is 2. The normalized spacial score (nSPS) is 19.2. The van der Waals surface area contributed by atoms with Crippen LogP contribution < -0.4 is 4.99 Å². The van der Waals surface area contributed by atoms with Crippen molar-refractivity contribution >= 4 is 11.5 Å². The molecule has 3 aliphatic carbocycles. The molecule has 1 aromatic heterocycles. The molecule has 4 aliphatic rings. The van der Waals surface area contributed by atoms with E-state index in [1.165, 1.54) is 61.6 Å². The summed E-state index contributed by atoms with van der Waals surface area (Å²) >= 11 is 0. The molecule has 31 heavy (non-hydrogen) atoms. The van der Waals surface area contributed by atoms with Crippen LogP contribution in [0.2, 0.25) is 0 Å². The van der Waals surface area contributed by atoms with Gasteiger partial charge in [-0.25, -0.2) is 4.98 Å². The minimum Gasteiger partial charge on any atom is -0.345 e. The lowest BCUT2D eigenvalue weighted by molar-refractivity contribution is -0.479. The van der Waals surface area contributed by atoms with E-state index in [1.54, 1.807) is 0 Å². The number of hydrogen-bond donors (Lipinski definition) is 2. The van der Waals surface area contributed by atoms with Crippen molar-refractivity contribution in [3.63, 3.8) is 0 Å². The quantitative estimate of drug-likeness (QED) is 0.462. The summed E-state index contributed by atoms with van der Waals surface area (Å²) < 4.78 is 0. The van der Waals surface area contributed by atoms with Crippen LogP contribution in [0, 0.1) is 5.92 Å². The fraction of sp³-hybridized carbons (Fsp3) is 0.370. The number of aromatic amines is 1. The average Bonchev–Trinajstić information content (AvgIpc) is 3.49. The Morgan fingerprint density at radius 1 is 0.839 bits per heavy atom. The topological polar surface area (TPSA) is 55.0 Å². The summed E-state index contributed by atoms with van der Waals surface area (Å²) in [6.07, 6.45) is 3.02. The van der Waals surface area contributed by atoms with E-state index in [2.05, 4.69) is 61.9 Å². The molecule has 4 nitrogen and oxygen atoms in total. The smallest absolute Gasteiger partial charge is 0.295 e. The van der Waals surface area contributed by atoms with Gasteiger partial charge in [0.1, 0.15) is 5.82 Å². The van der Waals surface area contributed by atoms with Gasteiger partial charge in [-0.2, -0.15) is 0 Å². The third kappa shape index (κ3) is 2.33. The van der Waals surface area contributed by atoms with Gasteiger partial charge < -0.3 is 4.98 Å². The summed E-state index contributed by atoms with van der Waals surface area (Å²) in [4.78, 5) is 17.1. The third-order valence-electron chi connectivity index (χ3n) is 7.44. The molecule has 1 aliphatic heterocycles. The molecule has 0 bridgehead atoms. The van der Waals surface area contributed by atoms with Gasteiger partial charge in [-0.15, -0.1) is 0 Å². The number of rotatable bonds is 2. The van der Waals surface area contributed by atoms with E-state index in [9.17, 15) is 0 Å². The minimum absolute atomic E-state index is 0.362. The molecule has 3 aromatic rings. The molecule has 0 spiro atoms. The van der Waals surface area contributed by atoms with E-state index in [4.69, 9.17) is 9.98 Å². The second-order valence-corrected chi connectivity index (χ2v) is 10.2. The van der Waals surface area contributed by atoms with Crippen LogP contribution >= 0.6 is 0 Å². The van der Waals surface area contributed by atoms with Crippen molar-refractivity contribution in [1.82, 2.24) is 9.97 Å². The van der Waals surface area contributed by atoms with Crippen molar-refractivity contribution in [2.75, 3.05) is 0 Å². The molecule has 2 N–H and O–H groups in total. The Hall–Kier alpha value is -3.01. The van der Waals surface area contributed by atoms with Crippen molar-refractivity contribution in [2.24, 2.45) is 10.9 Å². The number of H-pyrrole nitrogens is 1. The van der Waals surface area contributed by atoms with E-state index >= 15 is 0 Å². The first kappa shape index (κ1) is 17.6. The van der Waals surface area contributed by atoms with E-state index in [0.717, 1.165) is 30.9 Å². The zero-order chi connectivity index (χ0) is 21.0. The molecule has 7 rings (SSSR count). The average molecular weight is 408 g/mol. The van der Waals surface area contributed by atoms with Crippen LogP contribution in [0.1, 0.15) is 72.9 Å². The lowest BCUT2D eigenvalue weighted by atomic mass is 9.97. The van der Waals surface area contributed by atoms with Crippen molar-refractivity contribution < 1.29 is 4.99 Å². The van der Waals surface area contributed by atoms with E-state index in [0.29, 0.717) is 17.9 Å². The molecule has 2 aromatic carbocycles. The molecule has 0 radical (unpaired) electrons. The lowest BCUT2D eigenvalue weighted by Gasteiger charge is -2.08. The molecule has 4 heteroatoms. The standard InChI is InChI=1S/C27H26N4/c1-12(2)26-28-22-10-16-6-18-14(8-20(16)24(22)30-26)5-15-9-21-17(7-19(15)18)11-23-25(21)31-27(29-23)13(3)4/h6-9,12-13,22H,5,10-11H2,1-4H3,(H,29,31)/p+1. The zero-order valence-corrected chi connectivity index (χ0v) is 18.6. The van der Waals surface area contributed by atoms with E-state index in [1.807, 2.05) is 0 Å². The first-order valence-electron chi connectivity index (χ1n) is 11.6. The number of fused-ring (bicyclic) bond motifs is 9. The second kappa shape index (κ2) is 5.82. The Morgan fingerprint density at radius 2 is 1.52 bits per heavy atom. The molecule has 0 saturated heterocycles. The van der Waals surface area contributed by atoms with Gasteiger partial charge in [0.15, 0.2) is 6.04 Å². The van der Waals surface area contributed by atoms with E-state index in [-0.39, 0.29) is 0 Å². The van der Waals surface area contributed by atoms with Crippen molar-refractivity contribution in [3.8, 4) is 22.4 Å². The molecular formula is C27H27N4+. The number of imidazole rings is 1. The Bertz CT molecular complexity index is 1370. The van der Waals surface area contributed by atoms with Crippen molar-refractivity contribution in [1.29, 1.82) is 0 Å². The van der Waals surface area contributed by atoms with Gasteiger partial charge in [-0.3, -0.25) is 4.99 Å². The second-order valence-electron chi connectivity index (χ2n) is 10.2. The van der Waals surface area contributed by atoms with Crippen LogP contribution in [0.25, 0.3) is 22.4 Å². The summed E-state index contributed by atoms with van der Waals surface area (Å²) in [7, 11) is 0. The summed E-state index contributed by atoms with van der Waals surface area (Å²) in [6.45, 7) is 8.82. The number of aliphatic imine (C=N–C) groups is 1. The van der Waals surface area contributed by atoms with Gasteiger partial charge in [-0.05, 0) is 69.1 Å². The van der Waals surface area contributed by atoms with Gasteiger partial charge in [0.2, 0.25) is 5.71 Å². The number of amidine groups is 1. The Balaban J connectivity index is 1.29. The van der Waals surface area contributed by atoms with Gasteiger partial charge in [-0.1, -0.05) is 27.7 Å². The molecular weight excluding hydrogens is 380 g/mol. The minimum atomic E-state index is 0.362.